The molecule has 1 heterocycles. The number of aliphatic hydroxyl groups excluding tert-OH is 1. The lowest BCUT2D eigenvalue weighted by atomic mass is 10.3. The quantitative estimate of drug-likeness (QED) is 0.688. The molecule has 0 spiro atoms. The summed E-state index contributed by atoms with van der Waals surface area (Å²) in [5.41, 5.74) is 0.645. The van der Waals surface area contributed by atoms with Crippen molar-refractivity contribution in [3.8, 4) is 0 Å². The van der Waals surface area contributed by atoms with E-state index in [1.807, 2.05) is 0 Å². The Labute approximate surface area is 63.7 Å². The SMILES string of the molecule is OCCc1nccnc1Cl. The molecule has 0 fully saturated rings. The molecular weight excluding hydrogens is 152 g/mol. The fraction of sp³-hybridized carbons (Fsp3) is 0.333. The Morgan fingerprint density at radius 2 is 2.10 bits per heavy atom. The van der Waals surface area contributed by atoms with Gasteiger partial charge in [0, 0.05) is 25.4 Å². The minimum atomic E-state index is 0.0540. The van der Waals surface area contributed by atoms with Crippen LogP contribution >= 0.6 is 11.6 Å². The Morgan fingerprint density at radius 1 is 1.40 bits per heavy atom. The van der Waals surface area contributed by atoms with Gasteiger partial charge >= 0.3 is 0 Å². The zero-order chi connectivity index (χ0) is 7.40. The molecule has 3 nitrogen and oxygen atoms in total. The van der Waals surface area contributed by atoms with Gasteiger partial charge in [0.05, 0.1) is 5.69 Å². The molecule has 0 amide bonds. The molecule has 1 aromatic rings. The summed E-state index contributed by atoms with van der Waals surface area (Å²) in [6.07, 6.45) is 3.53. The van der Waals surface area contributed by atoms with Crippen molar-refractivity contribution in [3.05, 3.63) is 23.2 Å². The molecule has 1 N–H and O–H groups in total. The summed E-state index contributed by atoms with van der Waals surface area (Å²) in [7, 11) is 0. The van der Waals surface area contributed by atoms with Gasteiger partial charge < -0.3 is 5.11 Å². The standard InChI is InChI=1S/C6H7ClN2O/c7-6-5(1-4-10)8-2-3-9-6/h2-3,10H,1,4H2. The Hall–Kier alpha value is -0.670. The van der Waals surface area contributed by atoms with Crippen LogP contribution in [-0.4, -0.2) is 21.7 Å². The average Bonchev–Trinajstić information content (AvgIpc) is 1.94. The van der Waals surface area contributed by atoms with Gasteiger partial charge in [-0.1, -0.05) is 11.6 Å². The fourth-order valence-corrected chi connectivity index (χ4v) is 0.823. The van der Waals surface area contributed by atoms with Crippen molar-refractivity contribution in [2.24, 2.45) is 0 Å². The van der Waals surface area contributed by atoms with E-state index in [1.54, 1.807) is 6.20 Å². The zero-order valence-electron chi connectivity index (χ0n) is 5.29. The third kappa shape index (κ3) is 1.65. The van der Waals surface area contributed by atoms with E-state index in [-0.39, 0.29) is 6.61 Å². The van der Waals surface area contributed by atoms with Gasteiger partial charge in [-0.25, -0.2) is 4.98 Å². The minimum Gasteiger partial charge on any atom is -0.396 e. The molecule has 0 saturated heterocycles. The molecule has 54 valence electrons. The van der Waals surface area contributed by atoms with Crippen LogP contribution in [0.25, 0.3) is 0 Å². The predicted molar refractivity (Wildman–Crippen MR) is 37.8 cm³/mol. The van der Waals surface area contributed by atoms with Crippen LogP contribution in [0.2, 0.25) is 5.15 Å². The van der Waals surface area contributed by atoms with E-state index in [9.17, 15) is 0 Å². The molecule has 0 atom stereocenters. The van der Waals surface area contributed by atoms with E-state index < -0.39 is 0 Å². The molecule has 10 heavy (non-hydrogen) atoms. The Balaban J connectivity index is 2.81. The van der Waals surface area contributed by atoms with Gasteiger partial charge in [-0.05, 0) is 0 Å². The highest BCUT2D eigenvalue weighted by Gasteiger charge is 1.98. The van der Waals surface area contributed by atoms with Gasteiger partial charge in [-0.15, -0.1) is 0 Å². The van der Waals surface area contributed by atoms with Crippen LogP contribution in [0.5, 0.6) is 0 Å². The van der Waals surface area contributed by atoms with E-state index in [1.165, 1.54) is 6.20 Å². The van der Waals surface area contributed by atoms with E-state index in [0.717, 1.165) is 0 Å². The van der Waals surface area contributed by atoms with Crippen LogP contribution in [0.4, 0.5) is 0 Å². The number of halogens is 1. The highest BCUT2D eigenvalue weighted by Crippen LogP contribution is 2.07. The van der Waals surface area contributed by atoms with Crippen molar-refractivity contribution in [2.75, 3.05) is 6.61 Å². The van der Waals surface area contributed by atoms with Gasteiger partial charge in [0.25, 0.3) is 0 Å². The minimum absolute atomic E-state index is 0.0540. The predicted octanol–water partition coefficient (Wildman–Crippen LogP) is 0.665. The van der Waals surface area contributed by atoms with Crippen LogP contribution in [0, 0.1) is 0 Å². The van der Waals surface area contributed by atoms with Gasteiger partial charge in [-0.3, -0.25) is 4.98 Å². The molecule has 0 aliphatic heterocycles. The smallest absolute Gasteiger partial charge is 0.150 e. The highest BCUT2D eigenvalue weighted by atomic mass is 35.5. The summed E-state index contributed by atoms with van der Waals surface area (Å²) in [6, 6.07) is 0. The summed E-state index contributed by atoms with van der Waals surface area (Å²) in [5, 5.41) is 8.89. The maximum Gasteiger partial charge on any atom is 0.150 e. The topological polar surface area (TPSA) is 46.0 Å². The van der Waals surface area contributed by atoms with Crippen LogP contribution in [0.3, 0.4) is 0 Å². The second-order valence-corrected chi connectivity index (χ2v) is 2.13. The fourth-order valence-electron chi connectivity index (χ4n) is 0.623. The maximum absolute atomic E-state index is 8.52. The van der Waals surface area contributed by atoms with E-state index in [4.69, 9.17) is 16.7 Å². The van der Waals surface area contributed by atoms with Crippen molar-refractivity contribution < 1.29 is 5.11 Å². The van der Waals surface area contributed by atoms with Crippen LogP contribution in [0.15, 0.2) is 12.4 Å². The monoisotopic (exact) mass is 158 g/mol. The summed E-state index contributed by atoms with van der Waals surface area (Å²) in [5.74, 6) is 0. The van der Waals surface area contributed by atoms with Crippen molar-refractivity contribution in [2.45, 2.75) is 6.42 Å². The summed E-state index contributed by atoms with van der Waals surface area (Å²) in [4.78, 5) is 7.70. The molecular formula is C6H7ClN2O. The second-order valence-electron chi connectivity index (χ2n) is 1.77. The summed E-state index contributed by atoms with van der Waals surface area (Å²) in [6.45, 7) is 0.0540. The van der Waals surface area contributed by atoms with Crippen molar-refractivity contribution >= 4 is 11.6 Å². The lowest BCUT2D eigenvalue weighted by Gasteiger charge is -1.96. The van der Waals surface area contributed by atoms with Crippen molar-refractivity contribution in [1.29, 1.82) is 0 Å². The first-order valence-electron chi connectivity index (χ1n) is 2.91. The van der Waals surface area contributed by atoms with Crippen LogP contribution < -0.4 is 0 Å². The van der Waals surface area contributed by atoms with Crippen molar-refractivity contribution in [3.63, 3.8) is 0 Å². The molecule has 1 aromatic heterocycles. The number of rotatable bonds is 2. The Kier molecular flexibility index (Phi) is 2.59. The summed E-state index contributed by atoms with van der Waals surface area (Å²) >= 11 is 5.62. The van der Waals surface area contributed by atoms with Crippen LogP contribution in [0.1, 0.15) is 5.69 Å². The molecule has 0 unspecified atom stereocenters. The van der Waals surface area contributed by atoms with Crippen molar-refractivity contribution in [1.82, 2.24) is 9.97 Å². The molecule has 0 saturated carbocycles. The number of hydrogen-bond acceptors (Lipinski definition) is 3. The lowest BCUT2D eigenvalue weighted by Crippen LogP contribution is -1.96. The van der Waals surface area contributed by atoms with Gasteiger partial charge in [0.2, 0.25) is 0 Å². The van der Waals surface area contributed by atoms with Gasteiger partial charge in [0.15, 0.2) is 5.15 Å². The van der Waals surface area contributed by atoms with E-state index >= 15 is 0 Å². The normalized spacial score (nSPS) is 9.80. The third-order valence-electron chi connectivity index (χ3n) is 1.07. The molecule has 0 aliphatic rings. The number of aliphatic hydroxyl groups is 1. The third-order valence-corrected chi connectivity index (χ3v) is 1.39. The number of aromatic nitrogens is 2. The first kappa shape index (κ1) is 7.44. The van der Waals surface area contributed by atoms with E-state index in [0.29, 0.717) is 17.3 Å². The largest absolute Gasteiger partial charge is 0.396 e. The Morgan fingerprint density at radius 3 is 2.70 bits per heavy atom. The van der Waals surface area contributed by atoms with Gasteiger partial charge in [0.1, 0.15) is 0 Å². The van der Waals surface area contributed by atoms with E-state index in [2.05, 4.69) is 9.97 Å². The lowest BCUT2D eigenvalue weighted by molar-refractivity contribution is 0.298. The second kappa shape index (κ2) is 3.49. The average molecular weight is 159 g/mol. The van der Waals surface area contributed by atoms with Crippen LogP contribution in [-0.2, 0) is 6.42 Å². The number of nitrogens with zero attached hydrogens (tertiary/aromatic N) is 2. The molecule has 4 heteroatoms. The first-order chi connectivity index (χ1) is 4.84. The van der Waals surface area contributed by atoms with Gasteiger partial charge in [-0.2, -0.15) is 0 Å². The maximum atomic E-state index is 8.52. The summed E-state index contributed by atoms with van der Waals surface area (Å²) < 4.78 is 0. The highest BCUT2D eigenvalue weighted by molar-refractivity contribution is 6.29. The zero-order valence-corrected chi connectivity index (χ0v) is 6.04. The molecule has 0 aliphatic carbocycles. The molecule has 0 radical (unpaired) electrons. The number of hydrogen-bond donors (Lipinski definition) is 1. The molecule has 1 rings (SSSR count). The molecule has 0 bridgehead atoms. The first-order valence-corrected chi connectivity index (χ1v) is 3.28. The Bertz CT molecular complexity index is 217. The molecule has 0 aromatic carbocycles.